The van der Waals surface area contributed by atoms with Gasteiger partial charge in [-0.25, -0.2) is 4.68 Å². The molecule has 1 saturated heterocycles. The van der Waals surface area contributed by atoms with Gasteiger partial charge in [-0.05, 0) is 43.0 Å². The summed E-state index contributed by atoms with van der Waals surface area (Å²) < 4.78 is 18.6. The van der Waals surface area contributed by atoms with Crippen LogP contribution >= 0.6 is 0 Å². The lowest BCUT2D eigenvalue weighted by Gasteiger charge is -2.25. The van der Waals surface area contributed by atoms with E-state index in [2.05, 4.69) is 29.3 Å². The van der Waals surface area contributed by atoms with Crippen molar-refractivity contribution in [2.24, 2.45) is 0 Å². The highest BCUT2D eigenvalue weighted by Crippen LogP contribution is 2.32. The molecule has 6 heteroatoms. The standard InChI is InChI=1S/C20H25N3O3/c1-24-18-9-8-15(12-19(18)25-2)13-22-10-5-6-16-17(22)14-23(21-16)20-7-3-4-11-26-20/h5-6,8-9,12,14,20H,3-4,7,10-11,13H2,1-2H3. The van der Waals surface area contributed by atoms with Crippen LogP contribution in [0.2, 0.25) is 0 Å². The normalized spacial score (nSPS) is 19.3. The highest BCUT2D eigenvalue weighted by atomic mass is 16.5. The molecule has 26 heavy (non-hydrogen) atoms. The molecule has 2 aliphatic rings. The number of rotatable bonds is 5. The van der Waals surface area contributed by atoms with Gasteiger partial charge in [0.25, 0.3) is 0 Å². The molecule has 1 fully saturated rings. The second-order valence-electron chi connectivity index (χ2n) is 6.67. The lowest BCUT2D eigenvalue weighted by Crippen LogP contribution is -2.24. The van der Waals surface area contributed by atoms with Gasteiger partial charge in [-0.3, -0.25) is 0 Å². The Morgan fingerprint density at radius 2 is 2.08 bits per heavy atom. The summed E-state index contributed by atoms with van der Waals surface area (Å²) in [4.78, 5) is 2.32. The first kappa shape index (κ1) is 17.0. The Hall–Kier alpha value is -2.47. The molecule has 0 spiro atoms. The average Bonchev–Trinajstić information content (AvgIpc) is 3.14. The minimum atomic E-state index is 0.0608. The molecule has 1 unspecified atom stereocenters. The fraction of sp³-hybridized carbons (Fsp3) is 0.450. The van der Waals surface area contributed by atoms with Crippen molar-refractivity contribution in [2.45, 2.75) is 32.0 Å². The second kappa shape index (κ2) is 7.41. The molecule has 138 valence electrons. The van der Waals surface area contributed by atoms with Crippen molar-refractivity contribution >= 4 is 11.8 Å². The number of benzene rings is 1. The molecule has 2 aliphatic heterocycles. The maximum absolute atomic E-state index is 5.88. The third kappa shape index (κ3) is 3.29. The van der Waals surface area contributed by atoms with E-state index in [0.717, 1.165) is 55.4 Å². The maximum atomic E-state index is 5.88. The molecule has 0 amide bonds. The molecule has 0 radical (unpaired) electrons. The molecular formula is C20H25N3O3. The van der Waals surface area contributed by atoms with Gasteiger partial charge in [0.15, 0.2) is 11.5 Å². The summed E-state index contributed by atoms with van der Waals surface area (Å²) in [7, 11) is 3.32. The quantitative estimate of drug-likeness (QED) is 0.820. The van der Waals surface area contributed by atoms with E-state index in [1.54, 1.807) is 14.2 Å². The molecule has 1 aromatic heterocycles. The number of hydrogen-bond acceptors (Lipinski definition) is 5. The molecular weight excluding hydrogens is 330 g/mol. The average molecular weight is 355 g/mol. The lowest BCUT2D eigenvalue weighted by molar-refractivity contribution is -0.0395. The molecule has 1 atom stereocenters. The van der Waals surface area contributed by atoms with Gasteiger partial charge < -0.3 is 19.1 Å². The van der Waals surface area contributed by atoms with Gasteiger partial charge in [0.05, 0.1) is 26.1 Å². The smallest absolute Gasteiger partial charge is 0.161 e. The predicted octanol–water partition coefficient (Wildman–Crippen LogP) is 3.63. The van der Waals surface area contributed by atoms with Crippen LogP contribution in [0.15, 0.2) is 30.5 Å². The highest BCUT2D eigenvalue weighted by Gasteiger charge is 2.22. The topological polar surface area (TPSA) is 48.8 Å². The monoisotopic (exact) mass is 355 g/mol. The lowest BCUT2D eigenvalue weighted by atomic mass is 10.1. The van der Waals surface area contributed by atoms with E-state index in [4.69, 9.17) is 19.3 Å². The van der Waals surface area contributed by atoms with Gasteiger partial charge in [0.2, 0.25) is 0 Å². The van der Waals surface area contributed by atoms with E-state index in [0.29, 0.717) is 0 Å². The van der Waals surface area contributed by atoms with Gasteiger partial charge in [-0.2, -0.15) is 5.10 Å². The third-order valence-electron chi connectivity index (χ3n) is 4.95. The van der Waals surface area contributed by atoms with Crippen LogP contribution in [0, 0.1) is 0 Å². The van der Waals surface area contributed by atoms with Crippen LogP contribution in [-0.4, -0.2) is 37.2 Å². The van der Waals surface area contributed by atoms with Crippen LogP contribution in [0.1, 0.15) is 36.7 Å². The molecule has 6 nitrogen and oxygen atoms in total. The van der Waals surface area contributed by atoms with Gasteiger partial charge in [0, 0.05) is 19.7 Å². The largest absolute Gasteiger partial charge is 0.493 e. The Labute approximate surface area is 154 Å². The zero-order valence-corrected chi connectivity index (χ0v) is 15.4. The number of hydrogen-bond donors (Lipinski definition) is 0. The first-order valence-corrected chi connectivity index (χ1v) is 9.11. The molecule has 0 N–H and O–H groups in total. The highest BCUT2D eigenvalue weighted by molar-refractivity contribution is 5.68. The number of nitrogens with zero attached hydrogens (tertiary/aromatic N) is 3. The zero-order valence-electron chi connectivity index (χ0n) is 15.4. The summed E-state index contributed by atoms with van der Waals surface area (Å²) in [6.07, 6.45) is 9.80. The van der Waals surface area contributed by atoms with Crippen LogP contribution in [0.3, 0.4) is 0 Å². The molecule has 1 aromatic carbocycles. The fourth-order valence-corrected chi connectivity index (χ4v) is 3.58. The number of aromatic nitrogens is 2. The van der Waals surface area contributed by atoms with Crippen LogP contribution < -0.4 is 14.4 Å². The van der Waals surface area contributed by atoms with E-state index in [1.165, 1.54) is 12.0 Å². The van der Waals surface area contributed by atoms with Gasteiger partial charge >= 0.3 is 0 Å². The van der Waals surface area contributed by atoms with E-state index in [-0.39, 0.29) is 6.23 Å². The van der Waals surface area contributed by atoms with Crippen molar-refractivity contribution in [3.05, 3.63) is 41.7 Å². The van der Waals surface area contributed by atoms with Crippen molar-refractivity contribution in [1.29, 1.82) is 0 Å². The Balaban J connectivity index is 1.56. The first-order chi connectivity index (χ1) is 12.8. The van der Waals surface area contributed by atoms with Gasteiger partial charge in [-0.15, -0.1) is 0 Å². The Morgan fingerprint density at radius 3 is 2.85 bits per heavy atom. The van der Waals surface area contributed by atoms with Crippen molar-refractivity contribution in [1.82, 2.24) is 9.78 Å². The van der Waals surface area contributed by atoms with Crippen molar-refractivity contribution < 1.29 is 14.2 Å². The summed E-state index contributed by atoms with van der Waals surface area (Å²) >= 11 is 0. The molecule has 3 heterocycles. The van der Waals surface area contributed by atoms with Crippen molar-refractivity contribution in [2.75, 3.05) is 32.3 Å². The second-order valence-corrected chi connectivity index (χ2v) is 6.67. The number of ether oxygens (including phenoxy) is 3. The first-order valence-electron chi connectivity index (χ1n) is 9.11. The fourth-order valence-electron chi connectivity index (χ4n) is 3.58. The molecule has 0 bridgehead atoms. The molecule has 0 aliphatic carbocycles. The summed E-state index contributed by atoms with van der Waals surface area (Å²) in [5.41, 5.74) is 3.33. The predicted molar refractivity (Wildman–Crippen MR) is 101 cm³/mol. The number of anilines is 1. The Kier molecular flexibility index (Phi) is 4.84. The van der Waals surface area contributed by atoms with E-state index in [1.807, 2.05) is 16.8 Å². The van der Waals surface area contributed by atoms with Gasteiger partial charge in [0.1, 0.15) is 11.9 Å². The van der Waals surface area contributed by atoms with Crippen LogP contribution in [0.5, 0.6) is 11.5 Å². The van der Waals surface area contributed by atoms with Crippen molar-refractivity contribution in [3.63, 3.8) is 0 Å². The minimum absolute atomic E-state index is 0.0608. The summed E-state index contributed by atoms with van der Waals surface area (Å²) in [6, 6.07) is 6.06. The maximum Gasteiger partial charge on any atom is 0.161 e. The SMILES string of the molecule is COc1ccc(CN2CC=Cc3nn(C4CCCCO4)cc32)cc1OC. The third-order valence-corrected chi connectivity index (χ3v) is 4.95. The van der Waals surface area contributed by atoms with E-state index < -0.39 is 0 Å². The Morgan fingerprint density at radius 1 is 1.19 bits per heavy atom. The van der Waals surface area contributed by atoms with Crippen LogP contribution in [-0.2, 0) is 11.3 Å². The molecule has 4 rings (SSSR count). The van der Waals surface area contributed by atoms with E-state index >= 15 is 0 Å². The molecule has 0 saturated carbocycles. The van der Waals surface area contributed by atoms with Crippen molar-refractivity contribution in [3.8, 4) is 11.5 Å². The molecule has 2 aromatic rings. The van der Waals surface area contributed by atoms with Gasteiger partial charge in [-0.1, -0.05) is 12.1 Å². The summed E-state index contributed by atoms with van der Waals surface area (Å²) in [5, 5.41) is 4.75. The van der Waals surface area contributed by atoms with E-state index in [9.17, 15) is 0 Å². The number of methoxy groups -OCH3 is 2. The number of fused-ring (bicyclic) bond motifs is 1. The Bertz CT molecular complexity index is 794. The summed E-state index contributed by atoms with van der Waals surface area (Å²) in [6.45, 7) is 2.47. The zero-order chi connectivity index (χ0) is 17.9. The van der Waals surface area contributed by atoms with Crippen LogP contribution in [0.25, 0.3) is 6.08 Å². The minimum Gasteiger partial charge on any atom is -0.493 e. The summed E-state index contributed by atoms with van der Waals surface area (Å²) in [5.74, 6) is 1.50. The van der Waals surface area contributed by atoms with Crippen LogP contribution in [0.4, 0.5) is 5.69 Å².